The summed E-state index contributed by atoms with van der Waals surface area (Å²) in [6, 6.07) is 7.83. The molecule has 21 heavy (non-hydrogen) atoms. The zero-order valence-corrected chi connectivity index (χ0v) is 13.1. The van der Waals surface area contributed by atoms with Gasteiger partial charge in [-0.1, -0.05) is 12.1 Å². The van der Waals surface area contributed by atoms with Gasteiger partial charge in [0, 0.05) is 20.2 Å². The lowest BCUT2D eigenvalue weighted by Gasteiger charge is -2.08. The van der Waals surface area contributed by atoms with Crippen molar-refractivity contribution in [3.63, 3.8) is 0 Å². The third kappa shape index (κ3) is 10.8. The van der Waals surface area contributed by atoms with Crippen LogP contribution >= 0.6 is 15.9 Å². The molecule has 0 aliphatic carbocycles. The maximum atomic E-state index is 9.10. The van der Waals surface area contributed by atoms with Crippen molar-refractivity contribution in [3.8, 4) is 5.75 Å². The number of rotatable bonds is 7. The van der Waals surface area contributed by atoms with E-state index in [4.69, 9.17) is 29.3 Å². The SMILES string of the molecule is COCCNCCOc1ccccc1Br.O=C(O)C(=O)O. The molecule has 0 aliphatic rings. The van der Waals surface area contributed by atoms with Crippen LogP contribution in [0.1, 0.15) is 0 Å². The van der Waals surface area contributed by atoms with Crippen molar-refractivity contribution in [3.05, 3.63) is 28.7 Å². The number of benzene rings is 1. The average molecular weight is 364 g/mol. The van der Waals surface area contributed by atoms with Gasteiger partial charge in [-0.05, 0) is 28.1 Å². The highest BCUT2D eigenvalue weighted by atomic mass is 79.9. The topological polar surface area (TPSA) is 105 Å². The molecule has 0 atom stereocenters. The fourth-order valence-electron chi connectivity index (χ4n) is 1.09. The molecule has 0 saturated heterocycles. The molecule has 0 fully saturated rings. The molecule has 0 radical (unpaired) electrons. The summed E-state index contributed by atoms with van der Waals surface area (Å²) in [4.78, 5) is 18.2. The van der Waals surface area contributed by atoms with Gasteiger partial charge in [-0.3, -0.25) is 0 Å². The van der Waals surface area contributed by atoms with Crippen LogP contribution in [0.15, 0.2) is 28.7 Å². The van der Waals surface area contributed by atoms with Crippen molar-refractivity contribution in [2.45, 2.75) is 0 Å². The van der Waals surface area contributed by atoms with E-state index in [1.165, 1.54) is 0 Å². The zero-order chi connectivity index (χ0) is 16.1. The Morgan fingerprint density at radius 2 is 1.71 bits per heavy atom. The number of hydrogen-bond donors (Lipinski definition) is 3. The largest absolute Gasteiger partial charge is 0.491 e. The fraction of sp³-hybridized carbons (Fsp3) is 0.385. The molecule has 7 nitrogen and oxygen atoms in total. The number of halogens is 1. The average Bonchev–Trinajstić information content (AvgIpc) is 2.45. The molecule has 0 amide bonds. The molecular formula is C13H18BrNO6. The number of carboxylic acids is 2. The summed E-state index contributed by atoms with van der Waals surface area (Å²) < 4.78 is 11.5. The number of hydrogen-bond acceptors (Lipinski definition) is 5. The first-order valence-corrected chi connectivity index (χ1v) is 6.81. The van der Waals surface area contributed by atoms with Crippen molar-refractivity contribution in [1.82, 2.24) is 5.32 Å². The van der Waals surface area contributed by atoms with Crippen molar-refractivity contribution >= 4 is 27.9 Å². The molecular weight excluding hydrogens is 346 g/mol. The Morgan fingerprint density at radius 1 is 1.14 bits per heavy atom. The molecule has 118 valence electrons. The maximum Gasteiger partial charge on any atom is 0.414 e. The van der Waals surface area contributed by atoms with Gasteiger partial charge >= 0.3 is 11.9 Å². The van der Waals surface area contributed by atoms with Crippen molar-refractivity contribution < 1.29 is 29.3 Å². The predicted octanol–water partition coefficient (Wildman–Crippen LogP) is 1.22. The van der Waals surface area contributed by atoms with Gasteiger partial charge in [0.2, 0.25) is 0 Å². The van der Waals surface area contributed by atoms with Gasteiger partial charge < -0.3 is 25.0 Å². The number of nitrogens with one attached hydrogen (secondary N) is 1. The molecule has 0 bridgehead atoms. The van der Waals surface area contributed by atoms with E-state index in [9.17, 15) is 0 Å². The first-order valence-electron chi connectivity index (χ1n) is 6.02. The van der Waals surface area contributed by atoms with Gasteiger partial charge in [0.05, 0.1) is 11.1 Å². The number of ether oxygens (including phenoxy) is 2. The molecule has 0 spiro atoms. The van der Waals surface area contributed by atoms with Crippen LogP contribution in [0, 0.1) is 0 Å². The fourth-order valence-corrected chi connectivity index (χ4v) is 1.49. The quantitative estimate of drug-likeness (QED) is 0.494. The number of carbonyl (C=O) groups is 2. The Labute approximate surface area is 131 Å². The number of methoxy groups -OCH3 is 1. The molecule has 0 aliphatic heterocycles. The lowest BCUT2D eigenvalue weighted by Crippen LogP contribution is -2.24. The Bertz CT molecular complexity index is 428. The van der Waals surface area contributed by atoms with Gasteiger partial charge in [0.15, 0.2) is 0 Å². The van der Waals surface area contributed by atoms with Crippen LogP contribution in [0.5, 0.6) is 5.75 Å². The van der Waals surface area contributed by atoms with E-state index < -0.39 is 11.9 Å². The van der Waals surface area contributed by atoms with Gasteiger partial charge in [-0.2, -0.15) is 0 Å². The van der Waals surface area contributed by atoms with E-state index in [2.05, 4.69) is 21.2 Å². The Hall–Kier alpha value is -1.64. The van der Waals surface area contributed by atoms with E-state index in [1.54, 1.807) is 7.11 Å². The summed E-state index contributed by atoms with van der Waals surface area (Å²) in [7, 11) is 1.69. The monoisotopic (exact) mass is 363 g/mol. The van der Waals surface area contributed by atoms with E-state index in [0.717, 1.165) is 29.9 Å². The highest BCUT2D eigenvalue weighted by molar-refractivity contribution is 9.10. The second kappa shape index (κ2) is 12.1. The Morgan fingerprint density at radius 3 is 2.24 bits per heavy atom. The first kappa shape index (κ1) is 19.4. The molecule has 8 heteroatoms. The Balaban J connectivity index is 0.000000567. The van der Waals surface area contributed by atoms with Crippen LogP contribution in [0.4, 0.5) is 0 Å². The first-order chi connectivity index (χ1) is 9.99. The number of carboxylic acid groups (broad SMARTS) is 2. The highest BCUT2D eigenvalue weighted by Gasteiger charge is 2.04. The van der Waals surface area contributed by atoms with E-state index >= 15 is 0 Å². The number of aliphatic carboxylic acids is 2. The lowest BCUT2D eigenvalue weighted by molar-refractivity contribution is -0.159. The normalized spacial score (nSPS) is 9.43. The van der Waals surface area contributed by atoms with Crippen LogP contribution in [0.3, 0.4) is 0 Å². The summed E-state index contributed by atoms with van der Waals surface area (Å²) in [5.41, 5.74) is 0. The summed E-state index contributed by atoms with van der Waals surface area (Å²) >= 11 is 3.42. The lowest BCUT2D eigenvalue weighted by atomic mass is 10.3. The van der Waals surface area contributed by atoms with Gasteiger partial charge in [0.1, 0.15) is 12.4 Å². The maximum absolute atomic E-state index is 9.10. The minimum Gasteiger partial charge on any atom is -0.491 e. The van der Waals surface area contributed by atoms with E-state index in [0.29, 0.717) is 6.61 Å². The predicted molar refractivity (Wildman–Crippen MR) is 79.7 cm³/mol. The van der Waals surface area contributed by atoms with Crippen molar-refractivity contribution in [2.75, 3.05) is 33.4 Å². The van der Waals surface area contributed by atoms with E-state index in [-0.39, 0.29) is 0 Å². The second-order valence-corrected chi connectivity index (χ2v) is 4.49. The highest BCUT2D eigenvalue weighted by Crippen LogP contribution is 2.23. The molecule has 0 aromatic heterocycles. The molecule has 0 saturated carbocycles. The molecule has 3 N–H and O–H groups in total. The summed E-state index contributed by atoms with van der Waals surface area (Å²) in [5.74, 6) is -2.77. The van der Waals surface area contributed by atoms with Crippen LogP contribution in [-0.2, 0) is 14.3 Å². The summed E-state index contributed by atoms with van der Waals surface area (Å²) in [6.45, 7) is 3.07. The second-order valence-electron chi connectivity index (χ2n) is 3.63. The molecule has 1 aromatic rings. The molecule has 1 aromatic carbocycles. The third-order valence-electron chi connectivity index (χ3n) is 2.04. The van der Waals surface area contributed by atoms with Gasteiger partial charge in [-0.15, -0.1) is 0 Å². The van der Waals surface area contributed by atoms with Crippen LogP contribution in [0.2, 0.25) is 0 Å². The minimum atomic E-state index is -1.82. The smallest absolute Gasteiger partial charge is 0.414 e. The molecule has 1 rings (SSSR count). The van der Waals surface area contributed by atoms with Crippen LogP contribution in [0.25, 0.3) is 0 Å². The summed E-state index contributed by atoms with van der Waals surface area (Å²) in [6.07, 6.45) is 0. The molecule has 0 heterocycles. The number of para-hydroxylation sites is 1. The summed E-state index contributed by atoms with van der Waals surface area (Å²) in [5, 5.41) is 18.0. The third-order valence-corrected chi connectivity index (χ3v) is 2.69. The molecule has 0 unspecified atom stereocenters. The van der Waals surface area contributed by atoms with Crippen molar-refractivity contribution in [2.24, 2.45) is 0 Å². The standard InChI is InChI=1S/C11H16BrNO2.C2H2O4/c1-14-8-6-13-7-9-15-11-5-3-2-4-10(11)12;3-1(4)2(5)6/h2-5,13H,6-9H2,1H3;(H,3,4)(H,5,6). The van der Waals surface area contributed by atoms with Gasteiger partial charge in [-0.25, -0.2) is 9.59 Å². The van der Waals surface area contributed by atoms with Crippen LogP contribution < -0.4 is 10.1 Å². The van der Waals surface area contributed by atoms with E-state index in [1.807, 2.05) is 24.3 Å². The Kier molecular flexibility index (Phi) is 11.2. The van der Waals surface area contributed by atoms with Crippen LogP contribution in [-0.4, -0.2) is 55.6 Å². The minimum absolute atomic E-state index is 0.659. The van der Waals surface area contributed by atoms with Gasteiger partial charge in [0.25, 0.3) is 0 Å². The van der Waals surface area contributed by atoms with Crippen molar-refractivity contribution in [1.29, 1.82) is 0 Å². The zero-order valence-electron chi connectivity index (χ0n) is 11.5.